The van der Waals surface area contributed by atoms with Crippen molar-refractivity contribution < 1.29 is 4.79 Å². The van der Waals surface area contributed by atoms with Crippen LogP contribution in [0, 0.1) is 0 Å². The molecule has 2 rings (SSSR count). The van der Waals surface area contributed by atoms with Crippen molar-refractivity contribution in [2.45, 2.75) is 24.7 Å². The Bertz CT molecular complexity index is 583. The lowest BCUT2D eigenvalue weighted by atomic mass is 10.0. The van der Waals surface area contributed by atoms with Gasteiger partial charge in [-0.15, -0.1) is 11.8 Å². The quantitative estimate of drug-likeness (QED) is 0.804. The summed E-state index contributed by atoms with van der Waals surface area (Å²) in [5.41, 5.74) is 2.01. The van der Waals surface area contributed by atoms with E-state index in [0.717, 1.165) is 16.2 Å². The van der Waals surface area contributed by atoms with Gasteiger partial charge in [-0.2, -0.15) is 0 Å². The molecule has 2 aromatic rings. The Morgan fingerprint density at radius 2 is 1.76 bits per heavy atom. The van der Waals surface area contributed by atoms with Crippen LogP contribution in [0.3, 0.4) is 0 Å². The first-order valence-electron chi connectivity index (χ1n) is 7.27. The molecule has 1 atom stereocenters. The van der Waals surface area contributed by atoms with Crippen LogP contribution in [0.1, 0.15) is 35.7 Å². The average molecular weight is 299 g/mol. The molecule has 0 aromatic heterocycles. The van der Waals surface area contributed by atoms with E-state index in [1.165, 1.54) is 5.56 Å². The summed E-state index contributed by atoms with van der Waals surface area (Å²) in [4.78, 5) is 13.4. The molecule has 21 heavy (non-hydrogen) atoms. The fourth-order valence-electron chi connectivity index (χ4n) is 2.18. The molecule has 0 aliphatic carbocycles. The second-order valence-electron chi connectivity index (χ2n) is 4.95. The number of amides is 1. The molecule has 1 amide bonds. The lowest BCUT2D eigenvalue weighted by molar-refractivity contribution is 0.0948. The fourth-order valence-corrected chi connectivity index (χ4v) is 2.98. The van der Waals surface area contributed by atoms with Crippen molar-refractivity contribution in [2.24, 2.45) is 0 Å². The topological polar surface area (TPSA) is 29.1 Å². The lowest BCUT2D eigenvalue weighted by Crippen LogP contribution is -2.27. The van der Waals surface area contributed by atoms with E-state index >= 15 is 0 Å². The van der Waals surface area contributed by atoms with Crippen LogP contribution in [-0.2, 0) is 0 Å². The molecule has 2 aromatic carbocycles. The highest BCUT2D eigenvalue weighted by Crippen LogP contribution is 2.22. The van der Waals surface area contributed by atoms with Crippen LogP contribution in [0.2, 0.25) is 0 Å². The lowest BCUT2D eigenvalue weighted by Gasteiger charge is -2.14. The van der Waals surface area contributed by atoms with Gasteiger partial charge in [0.05, 0.1) is 5.56 Å². The molecule has 110 valence electrons. The Hall–Kier alpha value is -1.74. The second-order valence-corrected chi connectivity index (χ2v) is 6.26. The third-order valence-corrected chi connectivity index (χ3v) is 4.32. The van der Waals surface area contributed by atoms with Crippen molar-refractivity contribution in [1.29, 1.82) is 0 Å². The second kappa shape index (κ2) is 7.89. The van der Waals surface area contributed by atoms with E-state index in [-0.39, 0.29) is 5.91 Å². The van der Waals surface area contributed by atoms with Crippen molar-refractivity contribution in [1.82, 2.24) is 5.32 Å². The zero-order valence-electron chi connectivity index (χ0n) is 12.5. The van der Waals surface area contributed by atoms with E-state index in [1.807, 2.05) is 42.5 Å². The minimum atomic E-state index is 0.00864. The normalized spacial score (nSPS) is 11.9. The SMILES string of the molecule is CCSc1ccccc1C(=O)NC[C@@H](C)c1ccccc1. The molecule has 0 spiro atoms. The summed E-state index contributed by atoms with van der Waals surface area (Å²) in [5.74, 6) is 1.28. The number of rotatable bonds is 6. The molecule has 0 saturated heterocycles. The Kier molecular flexibility index (Phi) is 5.88. The largest absolute Gasteiger partial charge is 0.351 e. The van der Waals surface area contributed by atoms with Crippen molar-refractivity contribution in [2.75, 3.05) is 12.3 Å². The first-order chi connectivity index (χ1) is 10.2. The van der Waals surface area contributed by atoms with E-state index in [4.69, 9.17) is 0 Å². The number of nitrogens with one attached hydrogen (secondary N) is 1. The molecule has 0 aliphatic rings. The third kappa shape index (κ3) is 4.36. The number of carbonyl (C=O) groups is 1. The molecule has 0 unspecified atom stereocenters. The molecule has 2 nitrogen and oxygen atoms in total. The molecular weight excluding hydrogens is 278 g/mol. The summed E-state index contributed by atoms with van der Waals surface area (Å²) >= 11 is 1.70. The monoisotopic (exact) mass is 299 g/mol. The number of hydrogen-bond acceptors (Lipinski definition) is 2. The van der Waals surface area contributed by atoms with Gasteiger partial charge in [-0.25, -0.2) is 0 Å². The number of thioether (sulfide) groups is 1. The van der Waals surface area contributed by atoms with Crippen molar-refractivity contribution in [3.8, 4) is 0 Å². The Morgan fingerprint density at radius 1 is 1.10 bits per heavy atom. The Balaban J connectivity index is 1.99. The van der Waals surface area contributed by atoms with Gasteiger partial charge in [0.1, 0.15) is 0 Å². The maximum Gasteiger partial charge on any atom is 0.252 e. The van der Waals surface area contributed by atoms with Crippen LogP contribution >= 0.6 is 11.8 Å². The van der Waals surface area contributed by atoms with Gasteiger partial charge in [-0.3, -0.25) is 4.79 Å². The van der Waals surface area contributed by atoms with E-state index < -0.39 is 0 Å². The first kappa shape index (κ1) is 15.6. The summed E-state index contributed by atoms with van der Waals surface area (Å²) < 4.78 is 0. The summed E-state index contributed by atoms with van der Waals surface area (Å²) in [5, 5.41) is 3.04. The van der Waals surface area contributed by atoms with Crippen molar-refractivity contribution in [3.05, 3.63) is 65.7 Å². The summed E-state index contributed by atoms with van der Waals surface area (Å²) in [7, 11) is 0. The molecule has 0 bridgehead atoms. The Labute approximate surface area is 131 Å². The van der Waals surface area contributed by atoms with Crippen LogP contribution in [-0.4, -0.2) is 18.2 Å². The van der Waals surface area contributed by atoms with Gasteiger partial charge >= 0.3 is 0 Å². The maximum absolute atomic E-state index is 12.4. The van der Waals surface area contributed by atoms with Gasteiger partial charge in [0.15, 0.2) is 0 Å². The minimum absolute atomic E-state index is 0.00864. The molecule has 0 radical (unpaired) electrons. The Morgan fingerprint density at radius 3 is 2.48 bits per heavy atom. The minimum Gasteiger partial charge on any atom is -0.351 e. The molecular formula is C18H21NOS. The number of carbonyl (C=O) groups excluding carboxylic acids is 1. The van der Waals surface area contributed by atoms with Crippen LogP contribution in [0.25, 0.3) is 0 Å². The van der Waals surface area contributed by atoms with Crippen LogP contribution < -0.4 is 5.32 Å². The fraction of sp³-hybridized carbons (Fsp3) is 0.278. The predicted octanol–water partition coefficient (Wildman–Crippen LogP) is 4.33. The van der Waals surface area contributed by atoms with E-state index in [2.05, 4.69) is 31.3 Å². The van der Waals surface area contributed by atoms with Crippen LogP contribution in [0.4, 0.5) is 0 Å². The van der Waals surface area contributed by atoms with E-state index in [1.54, 1.807) is 11.8 Å². The molecule has 0 saturated carbocycles. The summed E-state index contributed by atoms with van der Waals surface area (Å²) in [6.07, 6.45) is 0. The zero-order chi connectivity index (χ0) is 15.1. The number of benzene rings is 2. The third-order valence-electron chi connectivity index (χ3n) is 3.37. The highest BCUT2D eigenvalue weighted by atomic mass is 32.2. The molecule has 0 aliphatic heterocycles. The molecule has 0 heterocycles. The van der Waals surface area contributed by atoms with Crippen molar-refractivity contribution in [3.63, 3.8) is 0 Å². The van der Waals surface area contributed by atoms with Gasteiger partial charge in [0.25, 0.3) is 5.91 Å². The first-order valence-corrected chi connectivity index (χ1v) is 8.26. The van der Waals surface area contributed by atoms with Crippen LogP contribution in [0.15, 0.2) is 59.5 Å². The molecule has 1 N–H and O–H groups in total. The molecule has 0 fully saturated rings. The smallest absolute Gasteiger partial charge is 0.252 e. The highest BCUT2D eigenvalue weighted by molar-refractivity contribution is 7.99. The van der Waals surface area contributed by atoms with Crippen LogP contribution in [0.5, 0.6) is 0 Å². The van der Waals surface area contributed by atoms with Gasteiger partial charge < -0.3 is 5.32 Å². The summed E-state index contributed by atoms with van der Waals surface area (Å²) in [6, 6.07) is 18.0. The standard InChI is InChI=1S/C18H21NOS/c1-3-21-17-12-8-7-11-16(17)18(20)19-13-14(2)15-9-5-4-6-10-15/h4-12,14H,3,13H2,1-2H3,(H,19,20)/t14-/m1/s1. The van der Waals surface area contributed by atoms with Crippen molar-refractivity contribution >= 4 is 17.7 Å². The molecule has 3 heteroatoms. The van der Waals surface area contributed by atoms with Gasteiger partial charge in [0, 0.05) is 11.4 Å². The highest BCUT2D eigenvalue weighted by Gasteiger charge is 2.12. The average Bonchev–Trinajstić information content (AvgIpc) is 2.54. The van der Waals surface area contributed by atoms with E-state index in [9.17, 15) is 4.79 Å². The zero-order valence-corrected chi connectivity index (χ0v) is 13.3. The van der Waals surface area contributed by atoms with Gasteiger partial charge in [-0.1, -0.05) is 56.3 Å². The van der Waals surface area contributed by atoms with E-state index in [0.29, 0.717) is 12.5 Å². The number of hydrogen-bond donors (Lipinski definition) is 1. The maximum atomic E-state index is 12.4. The van der Waals surface area contributed by atoms with Gasteiger partial charge in [0.2, 0.25) is 0 Å². The van der Waals surface area contributed by atoms with Gasteiger partial charge in [-0.05, 0) is 29.4 Å². The predicted molar refractivity (Wildman–Crippen MR) is 90.0 cm³/mol. The summed E-state index contributed by atoms with van der Waals surface area (Å²) in [6.45, 7) is 4.87.